The highest BCUT2D eigenvalue weighted by atomic mass is 19.3. The van der Waals surface area contributed by atoms with Crippen LogP contribution in [0, 0.1) is 11.8 Å². The van der Waals surface area contributed by atoms with Crippen molar-refractivity contribution in [1.29, 1.82) is 0 Å². The average Bonchev–Trinajstić information content (AvgIpc) is 2.26. The maximum atomic E-state index is 11.8. The highest BCUT2D eigenvalue weighted by Gasteiger charge is 2.23. The minimum absolute atomic E-state index is 0.0846. The fraction of sp³-hybridized carbons (Fsp3) is 0.900. The third-order valence-electron chi connectivity index (χ3n) is 2.86. The molecule has 1 aliphatic carbocycles. The topological polar surface area (TPSA) is 46.5 Å². The molecular weight excluding hydrogens is 206 g/mol. The summed E-state index contributed by atoms with van der Waals surface area (Å²) in [5, 5.41) is 8.88. The van der Waals surface area contributed by atoms with Crippen LogP contribution >= 0.6 is 0 Å². The molecule has 0 atom stereocenters. The molecule has 5 heteroatoms. The molecule has 88 valence electrons. The molecule has 0 bridgehead atoms. The van der Waals surface area contributed by atoms with Crippen molar-refractivity contribution in [2.24, 2.45) is 11.8 Å². The maximum absolute atomic E-state index is 11.8. The Morgan fingerprint density at radius 1 is 1.27 bits per heavy atom. The van der Waals surface area contributed by atoms with Gasteiger partial charge < -0.3 is 9.84 Å². The van der Waals surface area contributed by atoms with Crippen molar-refractivity contribution in [2.45, 2.75) is 32.1 Å². The van der Waals surface area contributed by atoms with E-state index in [1.54, 1.807) is 0 Å². The van der Waals surface area contributed by atoms with Crippen LogP contribution in [-0.2, 0) is 9.53 Å². The lowest BCUT2D eigenvalue weighted by molar-refractivity contribution is -0.158. The summed E-state index contributed by atoms with van der Waals surface area (Å²) in [6.07, 6.45) is 0.406. The van der Waals surface area contributed by atoms with Gasteiger partial charge in [-0.1, -0.05) is 0 Å². The summed E-state index contributed by atoms with van der Waals surface area (Å²) in [6, 6.07) is 0. The summed E-state index contributed by atoms with van der Waals surface area (Å²) < 4.78 is 28.0. The summed E-state index contributed by atoms with van der Waals surface area (Å²) in [6.45, 7) is 0.269. The SMILES string of the molecule is O=C(OCC1CCC(CO)CC1)C(F)F. The molecule has 0 aromatic carbocycles. The Morgan fingerprint density at radius 2 is 1.80 bits per heavy atom. The van der Waals surface area contributed by atoms with Crippen LogP contribution in [0.4, 0.5) is 8.78 Å². The monoisotopic (exact) mass is 222 g/mol. The molecule has 0 aliphatic heterocycles. The van der Waals surface area contributed by atoms with Crippen molar-refractivity contribution >= 4 is 5.97 Å². The average molecular weight is 222 g/mol. The largest absolute Gasteiger partial charge is 0.461 e. The minimum Gasteiger partial charge on any atom is -0.461 e. The van der Waals surface area contributed by atoms with Gasteiger partial charge in [-0.05, 0) is 37.5 Å². The van der Waals surface area contributed by atoms with Crippen LogP contribution in [0.1, 0.15) is 25.7 Å². The first kappa shape index (κ1) is 12.4. The second-order valence-electron chi connectivity index (χ2n) is 4.00. The van der Waals surface area contributed by atoms with Gasteiger partial charge in [-0.3, -0.25) is 0 Å². The molecule has 1 N–H and O–H groups in total. The van der Waals surface area contributed by atoms with Gasteiger partial charge in [0.2, 0.25) is 0 Å². The number of ether oxygens (including phenoxy) is 1. The molecular formula is C10H16F2O3. The van der Waals surface area contributed by atoms with Crippen molar-refractivity contribution in [1.82, 2.24) is 0 Å². The van der Waals surface area contributed by atoms with Gasteiger partial charge in [0, 0.05) is 6.61 Å². The van der Waals surface area contributed by atoms with E-state index >= 15 is 0 Å². The lowest BCUT2D eigenvalue weighted by Crippen LogP contribution is -2.24. The predicted octanol–water partition coefficient (Wildman–Crippen LogP) is 1.59. The van der Waals surface area contributed by atoms with Crippen LogP contribution in [0.3, 0.4) is 0 Å². The summed E-state index contributed by atoms with van der Waals surface area (Å²) in [5.74, 6) is -0.929. The number of hydrogen-bond donors (Lipinski definition) is 1. The summed E-state index contributed by atoms with van der Waals surface area (Å²) in [4.78, 5) is 10.5. The summed E-state index contributed by atoms with van der Waals surface area (Å²) >= 11 is 0. The zero-order chi connectivity index (χ0) is 11.3. The van der Waals surface area contributed by atoms with Crippen molar-refractivity contribution in [3.05, 3.63) is 0 Å². The smallest absolute Gasteiger partial charge is 0.373 e. The molecule has 1 aliphatic rings. The van der Waals surface area contributed by atoms with Gasteiger partial charge in [-0.15, -0.1) is 0 Å². The van der Waals surface area contributed by atoms with Crippen LogP contribution in [0.2, 0.25) is 0 Å². The Labute approximate surface area is 87.4 Å². The van der Waals surface area contributed by atoms with E-state index in [0.717, 1.165) is 25.7 Å². The third kappa shape index (κ3) is 4.11. The Balaban J connectivity index is 2.16. The molecule has 0 unspecified atom stereocenters. The first-order valence-corrected chi connectivity index (χ1v) is 5.19. The van der Waals surface area contributed by atoms with E-state index in [4.69, 9.17) is 5.11 Å². The zero-order valence-electron chi connectivity index (χ0n) is 8.49. The second kappa shape index (κ2) is 6.00. The van der Waals surface area contributed by atoms with Crippen LogP contribution < -0.4 is 0 Å². The lowest BCUT2D eigenvalue weighted by Gasteiger charge is -2.26. The number of carbonyl (C=O) groups excluding carboxylic acids is 1. The van der Waals surface area contributed by atoms with Crippen LogP contribution in [0.5, 0.6) is 0 Å². The van der Waals surface area contributed by atoms with Crippen molar-refractivity contribution < 1.29 is 23.4 Å². The fourth-order valence-corrected chi connectivity index (χ4v) is 1.84. The molecule has 0 saturated heterocycles. The van der Waals surface area contributed by atoms with Crippen LogP contribution in [0.25, 0.3) is 0 Å². The Bertz CT molecular complexity index is 201. The quantitative estimate of drug-likeness (QED) is 0.735. The molecule has 0 aromatic rings. The van der Waals surface area contributed by atoms with E-state index in [0.29, 0.717) is 5.92 Å². The van der Waals surface area contributed by atoms with Crippen molar-refractivity contribution in [3.63, 3.8) is 0 Å². The van der Waals surface area contributed by atoms with E-state index in [2.05, 4.69) is 4.74 Å². The van der Waals surface area contributed by atoms with Gasteiger partial charge in [0.25, 0.3) is 0 Å². The molecule has 0 amide bonds. The molecule has 1 fully saturated rings. The number of rotatable bonds is 4. The first-order valence-electron chi connectivity index (χ1n) is 5.19. The molecule has 15 heavy (non-hydrogen) atoms. The summed E-state index contributed by atoms with van der Waals surface area (Å²) in [7, 11) is 0. The van der Waals surface area contributed by atoms with Crippen LogP contribution in [-0.4, -0.2) is 30.7 Å². The Hall–Kier alpha value is -0.710. The zero-order valence-corrected chi connectivity index (χ0v) is 8.49. The maximum Gasteiger partial charge on any atom is 0.373 e. The van der Waals surface area contributed by atoms with Gasteiger partial charge >= 0.3 is 12.4 Å². The Kier molecular flexibility index (Phi) is 4.94. The van der Waals surface area contributed by atoms with Gasteiger partial charge in [-0.25, -0.2) is 4.79 Å². The van der Waals surface area contributed by atoms with E-state index in [1.807, 2.05) is 0 Å². The lowest BCUT2D eigenvalue weighted by atomic mass is 9.83. The van der Waals surface area contributed by atoms with Gasteiger partial charge in [0.05, 0.1) is 6.61 Å². The molecule has 0 radical (unpaired) electrons. The van der Waals surface area contributed by atoms with E-state index < -0.39 is 12.4 Å². The molecule has 0 spiro atoms. The molecule has 0 aromatic heterocycles. The van der Waals surface area contributed by atoms with Gasteiger partial charge in [0.1, 0.15) is 0 Å². The number of halogens is 2. The van der Waals surface area contributed by atoms with Crippen LogP contribution in [0.15, 0.2) is 0 Å². The predicted molar refractivity (Wildman–Crippen MR) is 49.5 cm³/mol. The molecule has 1 saturated carbocycles. The van der Waals surface area contributed by atoms with Gasteiger partial charge in [0.15, 0.2) is 0 Å². The number of carbonyl (C=O) groups is 1. The number of aliphatic hydroxyl groups is 1. The second-order valence-corrected chi connectivity index (χ2v) is 4.00. The molecule has 3 nitrogen and oxygen atoms in total. The van der Waals surface area contributed by atoms with E-state index in [9.17, 15) is 13.6 Å². The summed E-state index contributed by atoms with van der Waals surface area (Å²) in [5.41, 5.74) is 0. The normalized spacial score (nSPS) is 26.7. The highest BCUT2D eigenvalue weighted by Crippen LogP contribution is 2.28. The number of aliphatic hydroxyl groups excluding tert-OH is 1. The number of alkyl halides is 2. The minimum atomic E-state index is -3.03. The Morgan fingerprint density at radius 3 is 2.27 bits per heavy atom. The van der Waals surface area contributed by atoms with Gasteiger partial charge in [-0.2, -0.15) is 8.78 Å². The first-order chi connectivity index (χ1) is 7.13. The number of esters is 1. The van der Waals surface area contributed by atoms with E-state index in [-0.39, 0.29) is 19.1 Å². The van der Waals surface area contributed by atoms with E-state index in [1.165, 1.54) is 0 Å². The highest BCUT2D eigenvalue weighted by molar-refractivity contribution is 5.72. The van der Waals surface area contributed by atoms with Crippen molar-refractivity contribution in [2.75, 3.05) is 13.2 Å². The fourth-order valence-electron chi connectivity index (χ4n) is 1.84. The number of hydrogen-bond acceptors (Lipinski definition) is 3. The van der Waals surface area contributed by atoms with Crippen molar-refractivity contribution in [3.8, 4) is 0 Å². The molecule has 0 heterocycles. The molecule has 1 rings (SSSR count). The third-order valence-corrected chi connectivity index (χ3v) is 2.86. The standard InChI is InChI=1S/C10H16F2O3/c11-9(12)10(14)15-6-8-3-1-7(5-13)2-4-8/h7-9,13H,1-6H2.